The minimum atomic E-state index is -1.48. The van der Waals surface area contributed by atoms with E-state index < -0.39 is 35.5 Å². The highest BCUT2D eigenvalue weighted by Gasteiger charge is 2.40. The van der Waals surface area contributed by atoms with Crippen LogP contribution in [0.25, 0.3) is 0 Å². The van der Waals surface area contributed by atoms with Gasteiger partial charge in [-0.1, -0.05) is 0 Å². The molecular weight excluding hydrogens is 320 g/mol. The lowest BCUT2D eigenvalue weighted by atomic mass is 9.98. The maximum atomic E-state index is 12.2. The molecule has 0 unspecified atom stereocenters. The van der Waals surface area contributed by atoms with Crippen molar-refractivity contribution in [3.05, 3.63) is 34.4 Å². The first-order valence-corrected chi connectivity index (χ1v) is 7.10. The lowest BCUT2D eigenvalue weighted by Crippen LogP contribution is -2.31. The number of ether oxygens (including phenoxy) is 4. The fraction of sp³-hybridized carbons (Fsp3) is 0.375. The number of hydrogen-bond acceptors (Lipinski definition) is 8. The number of carbonyl (C=O) groups is 4. The molecule has 0 radical (unpaired) electrons. The minimum Gasteiger partial charge on any atom is -0.419 e. The number of rotatable bonds is 0. The van der Waals surface area contributed by atoms with Gasteiger partial charge in [-0.15, -0.1) is 0 Å². The Labute approximate surface area is 136 Å². The predicted molar refractivity (Wildman–Crippen MR) is 76.3 cm³/mol. The first kappa shape index (κ1) is 16.0. The molecule has 0 aromatic heterocycles. The van der Waals surface area contributed by atoms with E-state index in [1.807, 2.05) is 0 Å². The Hall–Kier alpha value is -2.90. The van der Waals surface area contributed by atoms with E-state index in [0.717, 1.165) is 12.1 Å². The maximum absolute atomic E-state index is 12.2. The third-order valence-corrected chi connectivity index (χ3v) is 3.39. The zero-order valence-electron chi connectivity index (χ0n) is 13.4. The van der Waals surface area contributed by atoms with Gasteiger partial charge in [-0.25, -0.2) is 19.2 Å². The molecule has 0 fully saturated rings. The second-order valence-corrected chi connectivity index (χ2v) is 6.30. The van der Waals surface area contributed by atoms with Crippen LogP contribution in [0.15, 0.2) is 12.1 Å². The zero-order valence-corrected chi connectivity index (χ0v) is 13.4. The molecule has 126 valence electrons. The van der Waals surface area contributed by atoms with Crippen molar-refractivity contribution < 1.29 is 38.1 Å². The van der Waals surface area contributed by atoms with Crippen molar-refractivity contribution in [3.63, 3.8) is 0 Å². The largest absolute Gasteiger partial charge is 0.419 e. The highest BCUT2D eigenvalue weighted by molar-refractivity contribution is 6.11. The van der Waals surface area contributed by atoms with Crippen LogP contribution in [0.5, 0.6) is 0 Å². The van der Waals surface area contributed by atoms with Crippen molar-refractivity contribution in [2.75, 3.05) is 0 Å². The normalized spacial score (nSPS) is 21.2. The average molecular weight is 334 g/mol. The van der Waals surface area contributed by atoms with E-state index in [1.54, 1.807) is 0 Å². The highest BCUT2D eigenvalue weighted by atomic mass is 16.7. The first-order chi connectivity index (χ1) is 11.0. The summed E-state index contributed by atoms with van der Waals surface area (Å²) >= 11 is 0. The molecule has 0 aliphatic carbocycles. The summed E-state index contributed by atoms with van der Waals surface area (Å²) in [7, 11) is 0. The molecule has 0 saturated carbocycles. The minimum absolute atomic E-state index is 0.186. The van der Waals surface area contributed by atoms with Crippen molar-refractivity contribution >= 4 is 23.9 Å². The van der Waals surface area contributed by atoms with Gasteiger partial charge in [0.05, 0.1) is 22.3 Å². The van der Waals surface area contributed by atoms with Gasteiger partial charge in [0.1, 0.15) is 0 Å². The summed E-state index contributed by atoms with van der Waals surface area (Å²) in [5.41, 5.74) is -0.745. The molecule has 8 nitrogen and oxygen atoms in total. The number of hydrogen-bond donors (Lipinski definition) is 0. The van der Waals surface area contributed by atoms with Crippen LogP contribution in [0.4, 0.5) is 0 Å². The van der Waals surface area contributed by atoms with Gasteiger partial charge < -0.3 is 18.9 Å². The number of fused-ring (bicyclic) bond motifs is 2. The molecule has 1 aromatic carbocycles. The van der Waals surface area contributed by atoms with E-state index in [4.69, 9.17) is 18.9 Å². The molecule has 1 aromatic rings. The Morgan fingerprint density at radius 1 is 0.542 bits per heavy atom. The average Bonchev–Trinajstić information content (AvgIpc) is 2.55. The molecule has 0 N–H and O–H groups in total. The predicted octanol–water partition coefficient (Wildman–Crippen LogP) is 1.81. The van der Waals surface area contributed by atoms with Crippen molar-refractivity contribution in [3.8, 4) is 0 Å². The fourth-order valence-corrected chi connectivity index (χ4v) is 2.43. The van der Waals surface area contributed by atoms with E-state index >= 15 is 0 Å². The summed E-state index contributed by atoms with van der Waals surface area (Å²) in [6.45, 7) is 5.57. The van der Waals surface area contributed by atoms with Gasteiger partial charge in [0.15, 0.2) is 0 Å². The lowest BCUT2D eigenvalue weighted by Gasteiger charge is -2.21. The Morgan fingerprint density at radius 2 is 0.750 bits per heavy atom. The van der Waals surface area contributed by atoms with Crippen molar-refractivity contribution in [1.29, 1.82) is 0 Å². The summed E-state index contributed by atoms with van der Waals surface area (Å²) in [6.07, 6.45) is 0. The van der Waals surface area contributed by atoms with Crippen LogP contribution in [0.1, 0.15) is 69.1 Å². The quantitative estimate of drug-likeness (QED) is 0.662. The van der Waals surface area contributed by atoms with Gasteiger partial charge >= 0.3 is 23.9 Å². The zero-order chi connectivity index (χ0) is 17.9. The van der Waals surface area contributed by atoms with Gasteiger partial charge in [0.25, 0.3) is 11.6 Å². The number of benzene rings is 1. The van der Waals surface area contributed by atoms with E-state index in [-0.39, 0.29) is 22.3 Å². The molecule has 0 bridgehead atoms. The summed E-state index contributed by atoms with van der Waals surface area (Å²) in [4.78, 5) is 48.9. The van der Waals surface area contributed by atoms with Crippen LogP contribution in [-0.4, -0.2) is 35.5 Å². The highest BCUT2D eigenvalue weighted by Crippen LogP contribution is 2.31. The van der Waals surface area contributed by atoms with E-state index in [9.17, 15) is 19.2 Å². The fourth-order valence-electron chi connectivity index (χ4n) is 2.43. The van der Waals surface area contributed by atoms with Crippen LogP contribution in [0.3, 0.4) is 0 Å². The second-order valence-electron chi connectivity index (χ2n) is 6.30. The maximum Gasteiger partial charge on any atom is 0.342 e. The Bertz CT molecular complexity index is 676. The molecular formula is C16H14O8. The van der Waals surface area contributed by atoms with Crippen LogP contribution in [-0.2, 0) is 18.9 Å². The Balaban J connectivity index is 2.21. The third-order valence-electron chi connectivity index (χ3n) is 3.39. The van der Waals surface area contributed by atoms with Gasteiger partial charge in [0, 0.05) is 27.7 Å². The van der Waals surface area contributed by atoms with Crippen molar-refractivity contribution in [2.45, 2.75) is 39.3 Å². The van der Waals surface area contributed by atoms with E-state index in [0.29, 0.717) is 0 Å². The molecule has 2 aliphatic heterocycles. The van der Waals surface area contributed by atoms with Crippen molar-refractivity contribution in [2.24, 2.45) is 0 Å². The molecule has 0 atom stereocenters. The molecule has 0 spiro atoms. The summed E-state index contributed by atoms with van der Waals surface area (Å²) < 4.78 is 20.3. The van der Waals surface area contributed by atoms with Crippen LogP contribution >= 0.6 is 0 Å². The molecule has 3 rings (SSSR count). The molecule has 2 aliphatic rings. The smallest absolute Gasteiger partial charge is 0.342 e. The third kappa shape index (κ3) is 2.60. The summed E-state index contributed by atoms with van der Waals surface area (Å²) in [5.74, 6) is -6.37. The summed E-state index contributed by atoms with van der Waals surface area (Å²) in [6, 6.07) is 2.17. The molecule has 24 heavy (non-hydrogen) atoms. The van der Waals surface area contributed by atoms with Gasteiger partial charge in [0.2, 0.25) is 0 Å². The lowest BCUT2D eigenvalue weighted by molar-refractivity contribution is -0.141. The van der Waals surface area contributed by atoms with Crippen LogP contribution in [0, 0.1) is 0 Å². The molecule has 0 amide bonds. The molecule has 0 saturated heterocycles. The van der Waals surface area contributed by atoms with E-state index in [1.165, 1.54) is 27.7 Å². The number of cyclic esters (lactones) is 4. The number of carbonyl (C=O) groups excluding carboxylic acids is 4. The van der Waals surface area contributed by atoms with Crippen LogP contribution < -0.4 is 0 Å². The number of esters is 4. The van der Waals surface area contributed by atoms with Gasteiger partial charge in [-0.3, -0.25) is 0 Å². The summed E-state index contributed by atoms with van der Waals surface area (Å²) in [5, 5.41) is 0. The SMILES string of the molecule is CC1(C)OC(=O)c2cc3c(cc2C(=O)O1)C(=O)OC(C)(C)OC3=O. The standard InChI is InChI=1S/C16H14O8/c1-15(2)21-11(17)7-5-9-10(6-8(7)12(18)22-15)14(20)24-16(3,4)23-13(9)19/h5-6H,1-4H3. The topological polar surface area (TPSA) is 105 Å². The first-order valence-electron chi connectivity index (χ1n) is 7.10. The Morgan fingerprint density at radius 3 is 0.958 bits per heavy atom. The van der Waals surface area contributed by atoms with Gasteiger partial charge in [-0.05, 0) is 12.1 Å². The monoisotopic (exact) mass is 334 g/mol. The molecule has 8 heteroatoms. The van der Waals surface area contributed by atoms with Crippen LogP contribution in [0.2, 0.25) is 0 Å². The molecule has 2 heterocycles. The van der Waals surface area contributed by atoms with Crippen molar-refractivity contribution in [1.82, 2.24) is 0 Å². The Kier molecular flexibility index (Phi) is 3.19. The second kappa shape index (κ2) is 4.80. The van der Waals surface area contributed by atoms with Gasteiger partial charge in [-0.2, -0.15) is 0 Å². The van der Waals surface area contributed by atoms with E-state index in [2.05, 4.69) is 0 Å².